The van der Waals surface area contributed by atoms with E-state index in [1.807, 2.05) is 0 Å². The molecule has 1 heterocycles. The van der Waals surface area contributed by atoms with Crippen LogP contribution in [0.15, 0.2) is 18.2 Å². The maximum atomic E-state index is 5.95. The summed E-state index contributed by atoms with van der Waals surface area (Å²) in [6, 6.07) is 6.65. The van der Waals surface area contributed by atoms with Gasteiger partial charge in [0.05, 0.1) is 0 Å². The van der Waals surface area contributed by atoms with Gasteiger partial charge < -0.3 is 4.74 Å². The highest BCUT2D eigenvalue weighted by molar-refractivity contribution is 5.39. The summed E-state index contributed by atoms with van der Waals surface area (Å²) < 4.78 is 5.95. The van der Waals surface area contributed by atoms with Gasteiger partial charge >= 0.3 is 0 Å². The first-order valence-corrected chi connectivity index (χ1v) is 5.91. The Morgan fingerprint density at radius 2 is 2.13 bits per heavy atom. The highest BCUT2D eigenvalue weighted by Crippen LogP contribution is 2.33. The standard InChI is InChI=1S/C14H20O/c1-4-5-11-6-7-13-12(10-11)8-9-14(2,3)15-13/h6-7,10H,4-5,8-9H2,1-3H3. The van der Waals surface area contributed by atoms with Gasteiger partial charge in [0.15, 0.2) is 0 Å². The fourth-order valence-corrected chi connectivity index (χ4v) is 2.16. The zero-order chi connectivity index (χ0) is 10.9. The van der Waals surface area contributed by atoms with Gasteiger partial charge in [-0.15, -0.1) is 0 Å². The molecule has 1 nitrogen and oxygen atoms in total. The third-order valence-electron chi connectivity index (χ3n) is 3.05. The largest absolute Gasteiger partial charge is 0.488 e. The second-order valence-corrected chi connectivity index (χ2v) is 5.05. The van der Waals surface area contributed by atoms with E-state index in [-0.39, 0.29) is 5.60 Å². The first-order chi connectivity index (χ1) is 7.11. The number of ether oxygens (including phenoxy) is 1. The van der Waals surface area contributed by atoms with E-state index in [1.54, 1.807) is 0 Å². The summed E-state index contributed by atoms with van der Waals surface area (Å²) in [7, 11) is 0. The molecule has 82 valence electrons. The SMILES string of the molecule is CCCc1ccc2c(c1)CCC(C)(C)O2. The van der Waals surface area contributed by atoms with Crippen LogP contribution in [-0.4, -0.2) is 5.60 Å². The molecule has 0 bridgehead atoms. The van der Waals surface area contributed by atoms with Crippen molar-refractivity contribution in [2.24, 2.45) is 0 Å². The van der Waals surface area contributed by atoms with E-state index in [4.69, 9.17) is 4.74 Å². The van der Waals surface area contributed by atoms with Crippen molar-refractivity contribution in [3.05, 3.63) is 29.3 Å². The van der Waals surface area contributed by atoms with Crippen molar-refractivity contribution in [2.45, 2.75) is 52.1 Å². The minimum absolute atomic E-state index is 0.0132. The molecular formula is C14H20O. The lowest BCUT2D eigenvalue weighted by Crippen LogP contribution is -2.32. The first kappa shape index (κ1) is 10.5. The van der Waals surface area contributed by atoms with Crippen LogP contribution in [0.2, 0.25) is 0 Å². The van der Waals surface area contributed by atoms with Crippen LogP contribution in [0.5, 0.6) is 5.75 Å². The fourth-order valence-electron chi connectivity index (χ4n) is 2.16. The van der Waals surface area contributed by atoms with Gasteiger partial charge in [-0.3, -0.25) is 0 Å². The average molecular weight is 204 g/mol. The van der Waals surface area contributed by atoms with E-state index < -0.39 is 0 Å². The molecule has 0 saturated heterocycles. The van der Waals surface area contributed by atoms with E-state index in [9.17, 15) is 0 Å². The van der Waals surface area contributed by atoms with E-state index in [2.05, 4.69) is 39.0 Å². The maximum absolute atomic E-state index is 5.95. The molecule has 1 aromatic carbocycles. The van der Waals surface area contributed by atoms with Crippen LogP contribution in [-0.2, 0) is 12.8 Å². The topological polar surface area (TPSA) is 9.23 Å². The normalized spacial score (nSPS) is 18.1. The molecule has 0 unspecified atom stereocenters. The molecule has 1 aliphatic heterocycles. The van der Waals surface area contributed by atoms with E-state index >= 15 is 0 Å². The van der Waals surface area contributed by atoms with E-state index in [0.717, 1.165) is 18.6 Å². The van der Waals surface area contributed by atoms with Crippen molar-refractivity contribution < 1.29 is 4.74 Å². The quantitative estimate of drug-likeness (QED) is 0.713. The van der Waals surface area contributed by atoms with Crippen LogP contribution in [0.1, 0.15) is 44.7 Å². The van der Waals surface area contributed by atoms with Crippen LogP contribution in [0.25, 0.3) is 0 Å². The van der Waals surface area contributed by atoms with Crippen LogP contribution in [0.4, 0.5) is 0 Å². The second-order valence-electron chi connectivity index (χ2n) is 5.05. The Morgan fingerprint density at radius 1 is 1.33 bits per heavy atom. The monoisotopic (exact) mass is 204 g/mol. The van der Waals surface area contributed by atoms with Crippen molar-refractivity contribution in [1.82, 2.24) is 0 Å². The van der Waals surface area contributed by atoms with Gasteiger partial charge in [0.25, 0.3) is 0 Å². The van der Waals surface area contributed by atoms with E-state index in [0.29, 0.717) is 0 Å². The van der Waals surface area contributed by atoms with Gasteiger partial charge in [-0.1, -0.05) is 25.5 Å². The Labute approximate surface area is 92.5 Å². The molecule has 1 aliphatic rings. The number of benzene rings is 1. The molecule has 0 N–H and O–H groups in total. The predicted molar refractivity (Wildman–Crippen MR) is 63.5 cm³/mol. The summed E-state index contributed by atoms with van der Waals surface area (Å²) in [6.07, 6.45) is 4.66. The number of fused-ring (bicyclic) bond motifs is 1. The van der Waals surface area contributed by atoms with Crippen LogP contribution in [0.3, 0.4) is 0 Å². The van der Waals surface area contributed by atoms with Crippen molar-refractivity contribution in [1.29, 1.82) is 0 Å². The highest BCUT2D eigenvalue weighted by atomic mass is 16.5. The summed E-state index contributed by atoms with van der Waals surface area (Å²) in [4.78, 5) is 0. The van der Waals surface area contributed by atoms with Gasteiger partial charge in [-0.05, 0) is 50.3 Å². The molecule has 0 aliphatic carbocycles. The maximum Gasteiger partial charge on any atom is 0.123 e. The smallest absolute Gasteiger partial charge is 0.123 e. The number of rotatable bonds is 2. The summed E-state index contributed by atoms with van der Waals surface area (Å²) in [5.74, 6) is 1.09. The minimum atomic E-state index is 0.0132. The lowest BCUT2D eigenvalue weighted by Gasteiger charge is -2.32. The van der Waals surface area contributed by atoms with Crippen LogP contribution < -0.4 is 4.74 Å². The molecule has 0 amide bonds. The molecule has 15 heavy (non-hydrogen) atoms. The Bertz CT molecular complexity index is 352. The van der Waals surface area contributed by atoms with Gasteiger partial charge in [0.2, 0.25) is 0 Å². The predicted octanol–water partition coefficient (Wildman–Crippen LogP) is 3.74. The Kier molecular flexibility index (Phi) is 2.72. The zero-order valence-corrected chi connectivity index (χ0v) is 9.97. The Morgan fingerprint density at radius 3 is 2.87 bits per heavy atom. The van der Waals surface area contributed by atoms with Crippen molar-refractivity contribution in [3.63, 3.8) is 0 Å². The Balaban J connectivity index is 2.24. The summed E-state index contributed by atoms with van der Waals surface area (Å²) in [6.45, 7) is 6.55. The fraction of sp³-hybridized carbons (Fsp3) is 0.571. The molecule has 0 saturated carbocycles. The number of hydrogen-bond acceptors (Lipinski definition) is 1. The molecular weight excluding hydrogens is 184 g/mol. The third-order valence-corrected chi connectivity index (χ3v) is 3.05. The van der Waals surface area contributed by atoms with Crippen molar-refractivity contribution >= 4 is 0 Å². The number of aryl methyl sites for hydroxylation is 2. The van der Waals surface area contributed by atoms with Crippen molar-refractivity contribution in [2.75, 3.05) is 0 Å². The average Bonchev–Trinajstić information content (AvgIpc) is 2.18. The second kappa shape index (κ2) is 3.88. The molecule has 0 radical (unpaired) electrons. The molecule has 1 aromatic rings. The first-order valence-electron chi connectivity index (χ1n) is 5.91. The third kappa shape index (κ3) is 2.34. The minimum Gasteiger partial charge on any atom is -0.488 e. The zero-order valence-electron chi connectivity index (χ0n) is 9.97. The molecule has 0 spiro atoms. The molecule has 0 aromatic heterocycles. The Hall–Kier alpha value is -0.980. The molecule has 1 heteroatoms. The lowest BCUT2D eigenvalue weighted by atomic mass is 9.93. The summed E-state index contributed by atoms with van der Waals surface area (Å²) in [5, 5.41) is 0. The molecule has 0 atom stereocenters. The van der Waals surface area contributed by atoms with Gasteiger partial charge in [0.1, 0.15) is 11.4 Å². The van der Waals surface area contributed by atoms with E-state index in [1.165, 1.54) is 24.0 Å². The van der Waals surface area contributed by atoms with Crippen LogP contribution >= 0.6 is 0 Å². The van der Waals surface area contributed by atoms with Gasteiger partial charge in [-0.2, -0.15) is 0 Å². The number of hydrogen-bond donors (Lipinski definition) is 0. The molecule has 2 rings (SSSR count). The van der Waals surface area contributed by atoms with Crippen LogP contribution in [0, 0.1) is 0 Å². The summed E-state index contributed by atoms with van der Waals surface area (Å²) >= 11 is 0. The summed E-state index contributed by atoms with van der Waals surface area (Å²) in [5.41, 5.74) is 2.85. The highest BCUT2D eigenvalue weighted by Gasteiger charge is 2.26. The van der Waals surface area contributed by atoms with Crippen molar-refractivity contribution in [3.8, 4) is 5.75 Å². The lowest BCUT2D eigenvalue weighted by molar-refractivity contribution is 0.0846. The van der Waals surface area contributed by atoms with Gasteiger partial charge in [-0.25, -0.2) is 0 Å². The van der Waals surface area contributed by atoms with Gasteiger partial charge in [0, 0.05) is 0 Å². The molecule has 0 fully saturated rings.